The molecule has 3 amide bonds. The van der Waals surface area contributed by atoms with E-state index in [1.54, 1.807) is 32.8 Å². The summed E-state index contributed by atoms with van der Waals surface area (Å²) in [6, 6.07) is 5.16. The van der Waals surface area contributed by atoms with Gasteiger partial charge in [-0.3, -0.25) is 14.4 Å². The van der Waals surface area contributed by atoms with Gasteiger partial charge in [-0.1, -0.05) is 12.1 Å². The van der Waals surface area contributed by atoms with Gasteiger partial charge in [0.25, 0.3) is 5.91 Å². The summed E-state index contributed by atoms with van der Waals surface area (Å²) < 4.78 is 13.1. The van der Waals surface area contributed by atoms with Crippen molar-refractivity contribution >= 4 is 29.1 Å². The molecule has 9 heteroatoms. The number of thiazole rings is 1. The van der Waals surface area contributed by atoms with Crippen molar-refractivity contribution in [2.24, 2.45) is 0 Å². The van der Waals surface area contributed by atoms with Crippen molar-refractivity contribution < 1.29 is 18.8 Å². The summed E-state index contributed by atoms with van der Waals surface area (Å²) in [5.41, 5.74) is 2.70. The molecule has 2 fully saturated rings. The number of nitrogens with zero attached hydrogens (tertiary/aromatic N) is 4. The zero-order chi connectivity index (χ0) is 19.7. The molecule has 2 saturated heterocycles. The molecule has 146 valence electrons. The standard InChI is InChI=1S/C19H19FN4O3S/c20-14-4-2-13(3-5-14)8-23-10-17(25)24-7-1-6-22(9-16(24)19(23)27)18(26)15-11-28-12-21-15/h2-5,11-12,16H,1,6-10H2. The van der Waals surface area contributed by atoms with Crippen LogP contribution < -0.4 is 0 Å². The number of benzene rings is 1. The van der Waals surface area contributed by atoms with Crippen LogP contribution in [0.2, 0.25) is 0 Å². The molecule has 0 saturated carbocycles. The van der Waals surface area contributed by atoms with E-state index in [9.17, 15) is 18.8 Å². The van der Waals surface area contributed by atoms with E-state index < -0.39 is 6.04 Å². The first-order valence-corrected chi connectivity index (χ1v) is 9.97. The monoisotopic (exact) mass is 402 g/mol. The third-order valence-electron chi connectivity index (χ3n) is 5.07. The first-order valence-electron chi connectivity index (χ1n) is 9.03. The number of amides is 3. The molecule has 4 rings (SSSR count). The van der Waals surface area contributed by atoms with E-state index in [0.29, 0.717) is 25.2 Å². The van der Waals surface area contributed by atoms with Crippen LogP contribution in [-0.2, 0) is 16.1 Å². The van der Waals surface area contributed by atoms with Crippen molar-refractivity contribution in [3.63, 3.8) is 0 Å². The summed E-state index contributed by atoms with van der Waals surface area (Å²) in [5, 5.41) is 1.68. The minimum Gasteiger partial charge on any atom is -0.335 e. The van der Waals surface area contributed by atoms with Crippen LogP contribution in [0.1, 0.15) is 22.5 Å². The number of carbonyl (C=O) groups excluding carboxylic acids is 3. The molecule has 3 heterocycles. The maximum atomic E-state index is 13.1. The van der Waals surface area contributed by atoms with Crippen molar-refractivity contribution in [1.29, 1.82) is 0 Å². The Labute approximate surface area is 165 Å². The molecule has 1 atom stereocenters. The fraction of sp³-hybridized carbons (Fsp3) is 0.368. The van der Waals surface area contributed by atoms with Crippen molar-refractivity contribution in [3.8, 4) is 0 Å². The molecule has 1 unspecified atom stereocenters. The molecule has 0 N–H and O–H groups in total. The second-order valence-electron chi connectivity index (χ2n) is 6.90. The van der Waals surface area contributed by atoms with E-state index in [4.69, 9.17) is 0 Å². The lowest BCUT2D eigenvalue weighted by Gasteiger charge is -2.40. The minimum absolute atomic E-state index is 0.00720. The van der Waals surface area contributed by atoms with Gasteiger partial charge in [0.15, 0.2) is 0 Å². The highest BCUT2D eigenvalue weighted by atomic mass is 32.1. The number of halogens is 1. The number of fused-ring (bicyclic) bond motifs is 1. The number of aromatic nitrogens is 1. The molecule has 0 radical (unpaired) electrons. The molecule has 0 spiro atoms. The average Bonchev–Trinajstić information content (AvgIpc) is 3.13. The van der Waals surface area contributed by atoms with Crippen LogP contribution >= 0.6 is 11.3 Å². The van der Waals surface area contributed by atoms with Gasteiger partial charge in [0.2, 0.25) is 11.8 Å². The summed E-state index contributed by atoms with van der Waals surface area (Å²) in [7, 11) is 0. The third-order valence-corrected chi connectivity index (χ3v) is 5.65. The predicted molar refractivity (Wildman–Crippen MR) is 100.0 cm³/mol. The molecule has 0 bridgehead atoms. The number of rotatable bonds is 3. The Balaban J connectivity index is 1.53. The van der Waals surface area contributed by atoms with Crippen molar-refractivity contribution in [1.82, 2.24) is 19.7 Å². The summed E-state index contributed by atoms with van der Waals surface area (Å²) >= 11 is 1.34. The molecule has 7 nitrogen and oxygen atoms in total. The predicted octanol–water partition coefficient (Wildman–Crippen LogP) is 1.37. The molecular formula is C19H19FN4O3S. The van der Waals surface area contributed by atoms with Gasteiger partial charge in [-0.05, 0) is 24.1 Å². The van der Waals surface area contributed by atoms with Crippen molar-refractivity contribution in [2.45, 2.75) is 19.0 Å². The quantitative estimate of drug-likeness (QED) is 0.777. The molecule has 28 heavy (non-hydrogen) atoms. The Kier molecular flexibility index (Phi) is 5.08. The molecular weight excluding hydrogens is 383 g/mol. The second kappa shape index (κ2) is 7.67. The van der Waals surface area contributed by atoms with Crippen LogP contribution in [0.3, 0.4) is 0 Å². The van der Waals surface area contributed by atoms with Crippen LogP contribution in [0, 0.1) is 5.82 Å². The van der Waals surface area contributed by atoms with E-state index in [-0.39, 0.29) is 43.2 Å². The van der Waals surface area contributed by atoms with E-state index in [1.807, 2.05) is 0 Å². The Morgan fingerprint density at radius 3 is 2.71 bits per heavy atom. The maximum absolute atomic E-state index is 13.1. The van der Waals surface area contributed by atoms with Crippen LogP contribution in [0.25, 0.3) is 0 Å². The van der Waals surface area contributed by atoms with Gasteiger partial charge in [-0.15, -0.1) is 11.3 Å². The van der Waals surface area contributed by atoms with Gasteiger partial charge in [-0.2, -0.15) is 0 Å². The van der Waals surface area contributed by atoms with E-state index in [2.05, 4.69) is 4.98 Å². The first kappa shape index (κ1) is 18.5. The van der Waals surface area contributed by atoms with Gasteiger partial charge in [0.1, 0.15) is 24.1 Å². The lowest BCUT2D eigenvalue weighted by atomic mass is 10.1. The molecule has 2 aromatic rings. The molecule has 1 aromatic carbocycles. The van der Waals surface area contributed by atoms with Gasteiger partial charge < -0.3 is 14.7 Å². The smallest absolute Gasteiger partial charge is 0.273 e. The van der Waals surface area contributed by atoms with Gasteiger partial charge in [-0.25, -0.2) is 9.37 Å². The summed E-state index contributed by atoms with van der Waals surface area (Å²) in [6.45, 7) is 1.30. The number of piperazine rings is 1. The van der Waals surface area contributed by atoms with E-state index in [0.717, 1.165) is 5.56 Å². The van der Waals surface area contributed by atoms with Crippen LogP contribution in [0.5, 0.6) is 0 Å². The first-order chi connectivity index (χ1) is 13.5. The second-order valence-corrected chi connectivity index (χ2v) is 7.62. The Hall–Kier alpha value is -2.81. The van der Waals surface area contributed by atoms with Gasteiger partial charge in [0.05, 0.1) is 12.1 Å². The van der Waals surface area contributed by atoms with Gasteiger partial charge in [0, 0.05) is 25.0 Å². The zero-order valence-corrected chi connectivity index (χ0v) is 15.9. The van der Waals surface area contributed by atoms with Crippen LogP contribution in [-0.4, -0.2) is 69.6 Å². The third kappa shape index (κ3) is 3.62. The molecule has 0 aliphatic carbocycles. The zero-order valence-electron chi connectivity index (χ0n) is 15.1. The highest BCUT2D eigenvalue weighted by Crippen LogP contribution is 2.21. The molecule has 2 aliphatic heterocycles. The Morgan fingerprint density at radius 1 is 1.21 bits per heavy atom. The van der Waals surface area contributed by atoms with E-state index in [1.165, 1.54) is 28.4 Å². The summed E-state index contributed by atoms with van der Waals surface area (Å²) in [4.78, 5) is 47.1. The largest absolute Gasteiger partial charge is 0.335 e. The molecule has 1 aromatic heterocycles. The highest BCUT2D eigenvalue weighted by Gasteiger charge is 2.42. The highest BCUT2D eigenvalue weighted by molar-refractivity contribution is 7.07. The fourth-order valence-electron chi connectivity index (χ4n) is 3.65. The van der Waals surface area contributed by atoms with Crippen LogP contribution in [0.4, 0.5) is 4.39 Å². The fourth-order valence-corrected chi connectivity index (χ4v) is 4.17. The summed E-state index contributed by atoms with van der Waals surface area (Å²) in [5.74, 6) is -0.897. The lowest BCUT2D eigenvalue weighted by Crippen LogP contribution is -2.61. The normalized spacial score (nSPS) is 20.2. The topological polar surface area (TPSA) is 73.8 Å². The summed E-state index contributed by atoms with van der Waals surface area (Å²) in [6.07, 6.45) is 0.614. The van der Waals surface area contributed by atoms with Crippen molar-refractivity contribution in [2.75, 3.05) is 26.2 Å². The number of hydrogen-bond donors (Lipinski definition) is 0. The SMILES string of the molecule is O=C(c1cscn1)N1CCCN2C(=O)CN(Cc3ccc(F)cc3)C(=O)C2C1. The molecule has 2 aliphatic rings. The average molecular weight is 402 g/mol. The Bertz CT molecular complexity index is 887. The van der Waals surface area contributed by atoms with E-state index >= 15 is 0 Å². The maximum Gasteiger partial charge on any atom is 0.273 e. The number of carbonyl (C=O) groups is 3. The number of hydrogen-bond acceptors (Lipinski definition) is 5. The van der Waals surface area contributed by atoms with Gasteiger partial charge >= 0.3 is 0 Å². The lowest BCUT2D eigenvalue weighted by molar-refractivity contribution is -0.156. The minimum atomic E-state index is -0.702. The Morgan fingerprint density at radius 2 is 2.00 bits per heavy atom. The van der Waals surface area contributed by atoms with Crippen LogP contribution in [0.15, 0.2) is 35.2 Å². The van der Waals surface area contributed by atoms with Crippen molar-refractivity contribution in [3.05, 3.63) is 52.2 Å².